The van der Waals surface area contributed by atoms with Crippen molar-refractivity contribution in [1.82, 2.24) is 10.2 Å². The highest BCUT2D eigenvalue weighted by molar-refractivity contribution is 5.94. The third kappa shape index (κ3) is 5.54. The van der Waals surface area contributed by atoms with Gasteiger partial charge >= 0.3 is 5.97 Å². The Hall–Kier alpha value is -2.90. The van der Waals surface area contributed by atoms with E-state index in [0.29, 0.717) is 24.5 Å². The van der Waals surface area contributed by atoms with Crippen LogP contribution in [0.5, 0.6) is 11.5 Å². The van der Waals surface area contributed by atoms with E-state index in [9.17, 15) is 14.7 Å². The standard InChI is InChI=1S/C20H23N3O4/c24-19(14-18(20(25)26)23-12-10-21-11-13-23)22-15-6-8-17(9-7-15)27-16-4-2-1-3-5-16/h1-9,18,21H,10-14H2,(H,22,24)(H,25,26). The molecule has 142 valence electrons. The molecular formula is C20H23N3O4. The SMILES string of the molecule is O=C(CC(C(=O)O)N1CCNCC1)Nc1ccc(Oc2ccccc2)cc1. The van der Waals surface area contributed by atoms with Gasteiger partial charge < -0.3 is 20.5 Å². The molecular weight excluding hydrogens is 346 g/mol. The number of piperazine rings is 1. The van der Waals surface area contributed by atoms with Crippen LogP contribution in [0.1, 0.15) is 6.42 Å². The maximum absolute atomic E-state index is 12.3. The Bertz CT molecular complexity index is 759. The zero-order valence-corrected chi connectivity index (χ0v) is 14.9. The van der Waals surface area contributed by atoms with E-state index < -0.39 is 12.0 Å². The van der Waals surface area contributed by atoms with Gasteiger partial charge in [-0.2, -0.15) is 0 Å². The Morgan fingerprint density at radius 1 is 1.04 bits per heavy atom. The van der Waals surface area contributed by atoms with E-state index in [-0.39, 0.29) is 12.3 Å². The summed E-state index contributed by atoms with van der Waals surface area (Å²) in [4.78, 5) is 25.7. The Morgan fingerprint density at radius 2 is 1.67 bits per heavy atom. The molecule has 0 radical (unpaired) electrons. The van der Waals surface area contributed by atoms with Crippen molar-refractivity contribution in [3.8, 4) is 11.5 Å². The molecule has 2 aromatic rings. The van der Waals surface area contributed by atoms with Gasteiger partial charge in [0.25, 0.3) is 0 Å². The molecule has 0 bridgehead atoms. The first-order valence-electron chi connectivity index (χ1n) is 8.92. The number of benzene rings is 2. The lowest BCUT2D eigenvalue weighted by Gasteiger charge is -2.32. The van der Waals surface area contributed by atoms with E-state index in [4.69, 9.17) is 4.74 Å². The van der Waals surface area contributed by atoms with Gasteiger partial charge in [0.15, 0.2) is 0 Å². The van der Waals surface area contributed by atoms with Gasteiger partial charge in [0.1, 0.15) is 17.5 Å². The first-order chi connectivity index (χ1) is 13.1. The molecule has 7 heteroatoms. The van der Waals surface area contributed by atoms with Crippen LogP contribution in [-0.4, -0.2) is 54.1 Å². The van der Waals surface area contributed by atoms with E-state index in [1.807, 2.05) is 35.2 Å². The lowest BCUT2D eigenvalue weighted by atomic mass is 10.1. The van der Waals surface area contributed by atoms with Crippen LogP contribution in [0.25, 0.3) is 0 Å². The summed E-state index contributed by atoms with van der Waals surface area (Å²) in [5, 5.41) is 15.4. The van der Waals surface area contributed by atoms with Crippen LogP contribution in [0.3, 0.4) is 0 Å². The van der Waals surface area contributed by atoms with Gasteiger partial charge in [-0.1, -0.05) is 18.2 Å². The number of hydrogen-bond donors (Lipinski definition) is 3. The van der Waals surface area contributed by atoms with Crippen LogP contribution in [0.2, 0.25) is 0 Å². The Kier molecular flexibility index (Phi) is 6.40. The molecule has 1 aliphatic rings. The van der Waals surface area contributed by atoms with Gasteiger partial charge in [0, 0.05) is 31.9 Å². The highest BCUT2D eigenvalue weighted by atomic mass is 16.5. The maximum atomic E-state index is 12.3. The molecule has 0 aliphatic carbocycles. The smallest absolute Gasteiger partial charge is 0.321 e. The molecule has 7 nitrogen and oxygen atoms in total. The van der Waals surface area contributed by atoms with Gasteiger partial charge in [-0.25, -0.2) is 0 Å². The summed E-state index contributed by atoms with van der Waals surface area (Å²) in [5.41, 5.74) is 0.602. The van der Waals surface area contributed by atoms with Crippen LogP contribution >= 0.6 is 0 Å². The fourth-order valence-corrected chi connectivity index (χ4v) is 2.98. The fraction of sp³-hybridized carbons (Fsp3) is 0.300. The van der Waals surface area contributed by atoms with Crippen molar-refractivity contribution >= 4 is 17.6 Å². The molecule has 0 saturated carbocycles. The Labute approximate surface area is 157 Å². The molecule has 1 aliphatic heterocycles. The zero-order chi connectivity index (χ0) is 19.1. The lowest BCUT2D eigenvalue weighted by Crippen LogP contribution is -2.52. The van der Waals surface area contributed by atoms with Crippen LogP contribution < -0.4 is 15.4 Å². The number of carbonyl (C=O) groups excluding carboxylic acids is 1. The maximum Gasteiger partial charge on any atom is 0.321 e. The van der Waals surface area contributed by atoms with Crippen molar-refractivity contribution in [3.05, 3.63) is 54.6 Å². The van der Waals surface area contributed by atoms with Gasteiger partial charge in [-0.3, -0.25) is 14.5 Å². The molecule has 1 heterocycles. The molecule has 1 unspecified atom stereocenters. The summed E-state index contributed by atoms with van der Waals surface area (Å²) in [6.07, 6.45) is -0.0857. The van der Waals surface area contributed by atoms with Gasteiger partial charge in [-0.05, 0) is 36.4 Å². The first-order valence-corrected chi connectivity index (χ1v) is 8.92. The number of carbonyl (C=O) groups is 2. The Morgan fingerprint density at radius 3 is 2.30 bits per heavy atom. The second kappa shape index (κ2) is 9.16. The van der Waals surface area contributed by atoms with E-state index in [0.717, 1.165) is 18.8 Å². The number of amides is 1. The molecule has 1 fully saturated rings. The number of rotatable bonds is 7. The van der Waals surface area contributed by atoms with Crippen molar-refractivity contribution in [2.75, 3.05) is 31.5 Å². The topological polar surface area (TPSA) is 90.9 Å². The number of anilines is 1. The number of carboxylic acid groups (broad SMARTS) is 1. The van der Waals surface area contributed by atoms with Crippen molar-refractivity contribution in [3.63, 3.8) is 0 Å². The molecule has 3 rings (SSSR count). The monoisotopic (exact) mass is 369 g/mol. The van der Waals surface area contributed by atoms with Crippen molar-refractivity contribution in [2.45, 2.75) is 12.5 Å². The van der Waals surface area contributed by atoms with E-state index in [2.05, 4.69) is 10.6 Å². The number of nitrogens with zero attached hydrogens (tertiary/aromatic N) is 1. The second-order valence-electron chi connectivity index (χ2n) is 6.33. The van der Waals surface area contributed by atoms with Crippen molar-refractivity contribution in [1.29, 1.82) is 0 Å². The third-order valence-corrected chi connectivity index (χ3v) is 4.37. The van der Waals surface area contributed by atoms with Crippen molar-refractivity contribution in [2.24, 2.45) is 0 Å². The quantitative estimate of drug-likeness (QED) is 0.693. The summed E-state index contributed by atoms with van der Waals surface area (Å²) in [5.74, 6) is 0.0920. The van der Waals surface area contributed by atoms with Gasteiger partial charge in [0.2, 0.25) is 5.91 Å². The highest BCUT2D eigenvalue weighted by Crippen LogP contribution is 2.22. The number of ether oxygens (including phenoxy) is 1. The third-order valence-electron chi connectivity index (χ3n) is 4.37. The van der Waals surface area contributed by atoms with Crippen LogP contribution in [0, 0.1) is 0 Å². The fourth-order valence-electron chi connectivity index (χ4n) is 2.98. The summed E-state index contributed by atoms with van der Waals surface area (Å²) in [7, 11) is 0. The number of carboxylic acids is 1. The summed E-state index contributed by atoms with van der Waals surface area (Å²) < 4.78 is 5.71. The van der Waals surface area contributed by atoms with Crippen LogP contribution in [-0.2, 0) is 9.59 Å². The molecule has 1 saturated heterocycles. The lowest BCUT2D eigenvalue weighted by molar-refractivity contribution is -0.145. The summed E-state index contributed by atoms with van der Waals surface area (Å²) >= 11 is 0. The minimum atomic E-state index is -0.973. The van der Waals surface area contributed by atoms with E-state index in [1.165, 1.54) is 0 Å². The zero-order valence-electron chi connectivity index (χ0n) is 14.9. The average molecular weight is 369 g/mol. The highest BCUT2D eigenvalue weighted by Gasteiger charge is 2.29. The number of nitrogens with one attached hydrogen (secondary N) is 2. The van der Waals surface area contributed by atoms with Crippen LogP contribution in [0.15, 0.2) is 54.6 Å². The second-order valence-corrected chi connectivity index (χ2v) is 6.33. The van der Waals surface area contributed by atoms with Gasteiger partial charge in [-0.15, -0.1) is 0 Å². The van der Waals surface area contributed by atoms with Gasteiger partial charge in [0.05, 0.1) is 6.42 Å². The summed E-state index contributed by atoms with van der Waals surface area (Å²) in [6, 6.07) is 15.6. The Balaban J connectivity index is 1.55. The number of aliphatic carboxylic acids is 1. The first kappa shape index (κ1) is 18.9. The number of hydrogen-bond acceptors (Lipinski definition) is 5. The summed E-state index contributed by atoms with van der Waals surface area (Å²) in [6.45, 7) is 2.70. The molecule has 1 amide bonds. The van der Waals surface area contributed by atoms with E-state index in [1.54, 1.807) is 24.3 Å². The predicted octanol–water partition coefficient (Wildman–Crippen LogP) is 2.17. The minimum absolute atomic E-state index is 0.0857. The largest absolute Gasteiger partial charge is 0.480 e. The van der Waals surface area contributed by atoms with Crippen LogP contribution in [0.4, 0.5) is 5.69 Å². The molecule has 2 aromatic carbocycles. The molecule has 0 spiro atoms. The molecule has 1 atom stereocenters. The normalized spacial score (nSPS) is 15.7. The average Bonchev–Trinajstić information content (AvgIpc) is 2.69. The predicted molar refractivity (Wildman–Crippen MR) is 102 cm³/mol. The molecule has 3 N–H and O–H groups in total. The molecule has 27 heavy (non-hydrogen) atoms. The van der Waals surface area contributed by atoms with E-state index >= 15 is 0 Å². The molecule has 0 aromatic heterocycles. The number of para-hydroxylation sites is 1. The van der Waals surface area contributed by atoms with Crippen molar-refractivity contribution < 1.29 is 19.4 Å². The minimum Gasteiger partial charge on any atom is -0.480 e.